The topological polar surface area (TPSA) is 17.1 Å². The number of rotatable bonds is 5. The molecule has 0 rings (SSSR count). The Bertz CT molecular complexity index is 154. The second-order valence-corrected chi connectivity index (χ2v) is 1.89. The lowest BCUT2D eigenvalue weighted by atomic mass is 10.1. The summed E-state index contributed by atoms with van der Waals surface area (Å²) in [7, 11) is 0. The van der Waals surface area contributed by atoms with Crippen LogP contribution < -0.4 is 0 Å². The van der Waals surface area contributed by atoms with Gasteiger partial charge in [-0.3, -0.25) is 0 Å². The van der Waals surface area contributed by atoms with Gasteiger partial charge in [0.2, 0.25) is 0 Å². The minimum absolute atomic E-state index is 0.561. The second-order valence-electron chi connectivity index (χ2n) is 1.89. The molecule has 1 nitrogen and oxygen atoms in total. The summed E-state index contributed by atoms with van der Waals surface area (Å²) < 4.78 is 0. The van der Waals surface area contributed by atoms with E-state index in [0.717, 1.165) is 18.3 Å². The SMILES string of the molecule is C=C/C=C(\C=C)CCC=O. The van der Waals surface area contributed by atoms with Crippen LogP contribution >= 0.6 is 0 Å². The summed E-state index contributed by atoms with van der Waals surface area (Å²) >= 11 is 0. The number of hydrogen-bond acceptors (Lipinski definition) is 1. The smallest absolute Gasteiger partial charge is 0.120 e. The fourth-order valence-electron chi connectivity index (χ4n) is 0.630. The third-order valence-electron chi connectivity index (χ3n) is 1.14. The number of carbonyl (C=O) groups is 1. The van der Waals surface area contributed by atoms with Crippen LogP contribution in [-0.4, -0.2) is 6.29 Å². The van der Waals surface area contributed by atoms with Crippen LogP contribution in [0.3, 0.4) is 0 Å². The Morgan fingerprint density at radius 1 is 1.40 bits per heavy atom. The number of aldehydes is 1. The van der Waals surface area contributed by atoms with Gasteiger partial charge >= 0.3 is 0 Å². The second kappa shape index (κ2) is 6.02. The average molecular weight is 136 g/mol. The highest BCUT2D eigenvalue weighted by atomic mass is 16.1. The molecule has 10 heavy (non-hydrogen) atoms. The first kappa shape index (κ1) is 8.89. The van der Waals surface area contributed by atoms with Crippen molar-refractivity contribution in [3.05, 3.63) is 37.0 Å². The van der Waals surface area contributed by atoms with Crippen LogP contribution in [0.2, 0.25) is 0 Å². The third kappa shape index (κ3) is 3.84. The third-order valence-corrected chi connectivity index (χ3v) is 1.14. The zero-order valence-corrected chi connectivity index (χ0v) is 6.05. The van der Waals surface area contributed by atoms with E-state index < -0.39 is 0 Å². The molecule has 0 aliphatic rings. The van der Waals surface area contributed by atoms with E-state index in [1.165, 1.54) is 0 Å². The van der Waals surface area contributed by atoms with Crippen molar-refractivity contribution in [2.75, 3.05) is 0 Å². The molecule has 0 aromatic heterocycles. The number of carbonyl (C=O) groups excluding carboxylic acids is 1. The molecule has 0 fully saturated rings. The monoisotopic (exact) mass is 136 g/mol. The summed E-state index contributed by atoms with van der Waals surface area (Å²) in [5.41, 5.74) is 1.06. The normalized spacial score (nSPS) is 10.6. The Morgan fingerprint density at radius 3 is 2.50 bits per heavy atom. The Hall–Kier alpha value is -1.11. The maximum Gasteiger partial charge on any atom is 0.120 e. The molecular weight excluding hydrogens is 124 g/mol. The predicted molar refractivity (Wildman–Crippen MR) is 43.8 cm³/mol. The molecule has 0 saturated heterocycles. The zero-order chi connectivity index (χ0) is 7.82. The van der Waals surface area contributed by atoms with Crippen LogP contribution in [0.25, 0.3) is 0 Å². The van der Waals surface area contributed by atoms with E-state index in [9.17, 15) is 4.79 Å². The summed E-state index contributed by atoms with van der Waals surface area (Å²) in [4.78, 5) is 9.94. The van der Waals surface area contributed by atoms with Crippen molar-refractivity contribution in [3.8, 4) is 0 Å². The summed E-state index contributed by atoms with van der Waals surface area (Å²) in [5.74, 6) is 0. The van der Waals surface area contributed by atoms with Gasteiger partial charge in [-0.05, 0) is 12.0 Å². The van der Waals surface area contributed by atoms with Gasteiger partial charge in [0.1, 0.15) is 6.29 Å². The van der Waals surface area contributed by atoms with Gasteiger partial charge in [0.05, 0.1) is 0 Å². The van der Waals surface area contributed by atoms with Crippen molar-refractivity contribution in [2.45, 2.75) is 12.8 Å². The molecule has 0 bridgehead atoms. The fraction of sp³-hybridized carbons (Fsp3) is 0.222. The van der Waals surface area contributed by atoms with E-state index in [1.807, 2.05) is 6.08 Å². The van der Waals surface area contributed by atoms with Gasteiger partial charge in [-0.25, -0.2) is 0 Å². The van der Waals surface area contributed by atoms with E-state index in [1.54, 1.807) is 12.2 Å². The van der Waals surface area contributed by atoms with E-state index in [4.69, 9.17) is 0 Å². The van der Waals surface area contributed by atoms with Crippen molar-refractivity contribution < 1.29 is 4.79 Å². The standard InChI is InChI=1S/C9H12O/c1-3-6-9(4-2)7-5-8-10/h3-4,6,8H,1-2,5,7H2/b9-6+. The van der Waals surface area contributed by atoms with Crippen LogP contribution in [-0.2, 0) is 4.79 Å². The summed E-state index contributed by atoms with van der Waals surface area (Å²) in [5, 5.41) is 0. The van der Waals surface area contributed by atoms with Crippen molar-refractivity contribution >= 4 is 6.29 Å². The van der Waals surface area contributed by atoms with Gasteiger partial charge in [-0.1, -0.05) is 31.4 Å². The molecule has 1 heteroatoms. The summed E-state index contributed by atoms with van der Waals surface area (Å²) in [6.45, 7) is 7.14. The van der Waals surface area contributed by atoms with Gasteiger partial charge in [-0.2, -0.15) is 0 Å². The molecule has 0 amide bonds. The molecule has 0 radical (unpaired) electrons. The predicted octanol–water partition coefficient (Wildman–Crippen LogP) is 2.26. The quantitative estimate of drug-likeness (QED) is 0.418. The van der Waals surface area contributed by atoms with Crippen LogP contribution in [0.15, 0.2) is 37.0 Å². The highest BCUT2D eigenvalue weighted by Gasteiger charge is 1.87. The molecule has 0 heterocycles. The van der Waals surface area contributed by atoms with E-state index in [-0.39, 0.29) is 0 Å². The summed E-state index contributed by atoms with van der Waals surface area (Å²) in [6, 6.07) is 0. The minimum atomic E-state index is 0.561. The Morgan fingerprint density at radius 2 is 2.10 bits per heavy atom. The van der Waals surface area contributed by atoms with Gasteiger partial charge in [0.25, 0.3) is 0 Å². The molecule has 54 valence electrons. The van der Waals surface area contributed by atoms with Gasteiger partial charge in [0.15, 0.2) is 0 Å². The average Bonchev–Trinajstić information content (AvgIpc) is 1.98. The highest BCUT2D eigenvalue weighted by Crippen LogP contribution is 2.03. The Kier molecular flexibility index (Phi) is 5.35. The molecule has 0 aromatic rings. The Labute approximate surface area is 61.8 Å². The first-order valence-electron chi connectivity index (χ1n) is 3.22. The molecule has 0 aliphatic heterocycles. The maximum atomic E-state index is 9.94. The van der Waals surface area contributed by atoms with E-state index in [2.05, 4.69) is 13.2 Å². The lowest BCUT2D eigenvalue weighted by Gasteiger charge is -1.93. The van der Waals surface area contributed by atoms with Crippen LogP contribution in [0.5, 0.6) is 0 Å². The van der Waals surface area contributed by atoms with E-state index >= 15 is 0 Å². The fourth-order valence-corrected chi connectivity index (χ4v) is 0.630. The summed E-state index contributed by atoms with van der Waals surface area (Å²) in [6.07, 6.45) is 7.52. The van der Waals surface area contributed by atoms with Crippen LogP contribution in [0.1, 0.15) is 12.8 Å². The first-order valence-corrected chi connectivity index (χ1v) is 3.22. The van der Waals surface area contributed by atoms with Gasteiger partial charge < -0.3 is 4.79 Å². The number of allylic oxidation sites excluding steroid dienone is 4. The molecule has 0 saturated carbocycles. The highest BCUT2D eigenvalue weighted by molar-refractivity contribution is 5.50. The zero-order valence-electron chi connectivity index (χ0n) is 6.05. The molecule has 0 N–H and O–H groups in total. The molecule has 0 spiro atoms. The Balaban J connectivity index is 3.81. The van der Waals surface area contributed by atoms with Crippen LogP contribution in [0, 0.1) is 0 Å². The van der Waals surface area contributed by atoms with Crippen molar-refractivity contribution in [3.63, 3.8) is 0 Å². The number of hydrogen-bond donors (Lipinski definition) is 0. The lowest BCUT2D eigenvalue weighted by Crippen LogP contribution is -1.79. The van der Waals surface area contributed by atoms with Crippen LogP contribution in [0.4, 0.5) is 0 Å². The van der Waals surface area contributed by atoms with Crippen molar-refractivity contribution in [1.29, 1.82) is 0 Å². The molecule has 0 atom stereocenters. The first-order chi connectivity index (χ1) is 4.85. The molecular formula is C9H12O. The maximum absolute atomic E-state index is 9.94. The molecule has 0 aliphatic carbocycles. The van der Waals surface area contributed by atoms with Crippen molar-refractivity contribution in [2.24, 2.45) is 0 Å². The molecule has 0 unspecified atom stereocenters. The largest absolute Gasteiger partial charge is 0.303 e. The van der Waals surface area contributed by atoms with Gasteiger partial charge in [-0.15, -0.1) is 0 Å². The minimum Gasteiger partial charge on any atom is -0.303 e. The van der Waals surface area contributed by atoms with E-state index in [0.29, 0.717) is 6.42 Å². The van der Waals surface area contributed by atoms with Crippen molar-refractivity contribution in [1.82, 2.24) is 0 Å². The lowest BCUT2D eigenvalue weighted by molar-refractivity contribution is -0.107. The van der Waals surface area contributed by atoms with Gasteiger partial charge in [0, 0.05) is 6.42 Å². The molecule has 0 aromatic carbocycles.